The molecule has 2 heterocycles. The van der Waals surface area contributed by atoms with Crippen molar-refractivity contribution >= 4 is 33.3 Å². The fourth-order valence-electron chi connectivity index (χ4n) is 2.75. The number of aliphatic hydroxyl groups is 1. The van der Waals surface area contributed by atoms with Crippen molar-refractivity contribution in [2.45, 2.75) is 44.3 Å². The van der Waals surface area contributed by atoms with E-state index in [9.17, 15) is 4.79 Å². The maximum absolute atomic E-state index is 12.7. The van der Waals surface area contributed by atoms with E-state index in [0.29, 0.717) is 12.3 Å². The fourth-order valence-corrected chi connectivity index (χ4v) is 4.85. The molecule has 1 aliphatic carbocycles. The lowest BCUT2D eigenvalue weighted by molar-refractivity contribution is 0.322. The normalized spacial score (nSPS) is 14.7. The Balaban J connectivity index is 2.21. The largest absolute Gasteiger partial charge is 0.396 e. The molecular formula is C14H18N2O2S2. The van der Waals surface area contributed by atoms with Gasteiger partial charge in [0.05, 0.1) is 12.0 Å². The molecule has 0 fully saturated rings. The molecule has 3 rings (SSSR count). The Hall–Kier alpha value is -0.850. The van der Waals surface area contributed by atoms with Crippen LogP contribution >= 0.6 is 23.1 Å². The van der Waals surface area contributed by atoms with Crippen LogP contribution in [0.15, 0.2) is 9.95 Å². The summed E-state index contributed by atoms with van der Waals surface area (Å²) in [6.45, 7) is 2.69. The van der Waals surface area contributed by atoms with E-state index in [0.717, 1.165) is 28.2 Å². The van der Waals surface area contributed by atoms with E-state index in [1.165, 1.54) is 35.0 Å². The van der Waals surface area contributed by atoms with Gasteiger partial charge in [0.1, 0.15) is 4.83 Å². The number of nitrogens with zero attached hydrogens (tertiary/aromatic N) is 2. The maximum Gasteiger partial charge on any atom is 0.263 e. The molecule has 0 bridgehead atoms. The maximum atomic E-state index is 12.7. The molecule has 0 aliphatic heterocycles. The van der Waals surface area contributed by atoms with E-state index in [-0.39, 0.29) is 12.2 Å². The van der Waals surface area contributed by atoms with Gasteiger partial charge in [0.2, 0.25) is 0 Å². The third-order valence-corrected chi connectivity index (χ3v) is 5.82. The number of rotatable bonds is 4. The Bertz CT molecular complexity index is 691. The predicted octanol–water partition coefficient (Wildman–Crippen LogP) is 2.44. The van der Waals surface area contributed by atoms with Crippen molar-refractivity contribution in [2.75, 3.05) is 12.4 Å². The number of aryl methyl sites for hydroxylation is 2. The van der Waals surface area contributed by atoms with Crippen LogP contribution in [0.1, 0.15) is 30.2 Å². The van der Waals surface area contributed by atoms with Gasteiger partial charge in [-0.15, -0.1) is 11.3 Å². The first-order valence-corrected chi connectivity index (χ1v) is 8.85. The first-order valence-electron chi connectivity index (χ1n) is 7.05. The van der Waals surface area contributed by atoms with Gasteiger partial charge in [-0.1, -0.05) is 11.8 Å². The fraction of sp³-hybridized carbons (Fsp3) is 0.571. The van der Waals surface area contributed by atoms with Gasteiger partial charge in [-0.2, -0.15) is 0 Å². The average Bonchev–Trinajstić information content (AvgIpc) is 2.83. The molecule has 4 nitrogen and oxygen atoms in total. The summed E-state index contributed by atoms with van der Waals surface area (Å²) < 4.78 is 1.74. The summed E-state index contributed by atoms with van der Waals surface area (Å²) in [7, 11) is 0. The second-order valence-electron chi connectivity index (χ2n) is 4.91. The molecule has 0 atom stereocenters. The number of thiophene rings is 1. The van der Waals surface area contributed by atoms with Crippen LogP contribution in [0.25, 0.3) is 10.2 Å². The van der Waals surface area contributed by atoms with Crippen LogP contribution < -0.4 is 5.56 Å². The van der Waals surface area contributed by atoms with Gasteiger partial charge >= 0.3 is 0 Å². The van der Waals surface area contributed by atoms with Gasteiger partial charge in [0.15, 0.2) is 5.16 Å². The van der Waals surface area contributed by atoms with Gasteiger partial charge < -0.3 is 5.11 Å². The Kier molecular flexibility index (Phi) is 4.14. The molecular weight excluding hydrogens is 292 g/mol. The summed E-state index contributed by atoms with van der Waals surface area (Å²) in [5, 5.41) is 10.6. The zero-order valence-electron chi connectivity index (χ0n) is 11.5. The van der Waals surface area contributed by atoms with Crippen LogP contribution in [-0.4, -0.2) is 27.0 Å². The Morgan fingerprint density at radius 3 is 2.95 bits per heavy atom. The molecule has 0 spiro atoms. The third kappa shape index (κ3) is 2.29. The van der Waals surface area contributed by atoms with Crippen molar-refractivity contribution in [1.29, 1.82) is 0 Å². The summed E-state index contributed by atoms with van der Waals surface area (Å²) in [5.41, 5.74) is 1.34. The highest BCUT2D eigenvalue weighted by Gasteiger charge is 2.21. The van der Waals surface area contributed by atoms with Crippen molar-refractivity contribution in [3.8, 4) is 0 Å². The second kappa shape index (κ2) is 5.87. The van der Waals surface area contributed by atoms with Crippen molar-refractivity contribution in [3.05, 3.63) is 20.8 Å². The van der Waals surface area contributed by atoms with Crippen LogP contribution in [0.4, 0.5) is 0 Å². The predicted molar refractivity (Wildman–Crippen MR) is 84.0 cm³/mol. The smallest absolute Gasteiger partial charge is 0.263 e. The molecule has 0 unspecified atom stereocenters. The zero-order chi connectivity index (χ0) is 14.1. The average molecular weight is 310 g/mol. The molecule has 0 aromatic carbocycles. The standard InChI is InChI=1S/C14H18N2O2S2/c1-2-16-13(18)11-9-5-3-4-6-10(9)20-12(11)15-14(16)19-8-7-17/h17H,2-8H2,1H3. The summed E-state index contributed by atoms with van der Waals surface area (Å²) in [4.78, 5) is 19.6. The molecule has 0 saturated carbocycles. The van der Waals surface area contributed by atoms with Crippen LogP contribution in [0.3, 0.4) is 0 Å². The summed E-state index contributed by atoms with van der Waals surface area (Å²) in [5.74, 6) is 0.572. The molecule has 0 saturated heterocycles. The van der Waals surface area contributed by atoms with Crippen molar-refractivity contribution in [2.24, 2.45) is 0 Å². The first kappa shape index (κ1) is 14.1. The van der Waals surface area contributed by atoms with Crippen LogP contribution in [-0.2, 0) is 19.4 Å². The minimum Gasteiger partial charge on any atom is -0.396 e. The summed E-state index contributed by atoms with van der Waals surface area (Å²) >= 11 is 3.14. The highest BCUT2D eigenvalue weighted by atomic mass is 32.2. The molecule has 2 aromatic rings. The molecule has 6 heteroatoms. The molecule has 108 valence electrons. The van der Waals surface area contributed by atoms with E-state index >= 15 is 0 Å². The Labute approximate surface area is 125 Å². The van der Waals surface area contributed by atoms with Gasteiger partial charge in [-0.3, -0.25) is 9.36 Å². The van der Waals surface area contributed by atoms with Gasteiger partial charge in [0, 0.05) is 17.2 Å². The number of thioether (sulfide) groups is 1. The lowest BCUT2D eigenvalue weighted by atomic mass is 9.97. The Morgan fingerprint density at radius 2 is 2.20 bits per heavy atom. The lowest BCUT2D eigenvalue weighted by Gasteiger charge is -2.11. The van der Waals surface area contributed by atoms with Crippen LogP contribution in [0.2, 0.25) is 0 Å². The monoisotopic (exact) mass is 310 g/mol. The van der Waals surface area contributed by atoms with E-state index in [1.54, 1.807) is 15.9 Å². The van der Waals surface area contributed by atoms with E-state index in [4.69, 9.17) is 5.11 Å². The summed E-state index contributed by atoms with van der Waals surface area (Å²) in [6.07, 6.45) is 4.49. The number of hydrogen-bond acceptors (Lipinski definition) is 5. The number of aliphatic hydroxyl groups excluding tert-OH is 1. The van der Waals surface area contributed by atoms with Crippen molar-refractivity contribution in [3.63, 3.8) is 0 Å². The first-order chi connectivity index (χ1) is 9.76. The van der Waals surface area contributed by atoms with Gasteiger partial charge in [0.25, 0.3) is 5.56 Å². The highest BCUT2D eigenvalue weighted by Crippen LogP contribution is 2.34. The SMILES string of the molecule is CCn1c(SCCO)nc2sc3c(c2c1=O)CCCC3. The topological polar surface area (TPSA) is 55.1 Å². The van der Waals surface area contributed by atoms with Gasteiger partial charge in [-0.05, 0) is 38.2 Å². The Morgan fingerprint density at radius 1 is 1.40 bits per heavy atom. The highest BCUT2D eigenvalue weighted by molar-refractivity contribution is 7.99. The van der Waals surface area contributed by atoms with Crippen molar-refractivity contribution < 1.29 is 5.11 Å². The molecule has 1 aliphatic rings. The van der Waals surface area contributed by atoms with Crippen LogP contribution in [0, 0.1) is 0 Å². The van der Waals surface area contributed by atoms with Crippen LogP contribution in [0.5, 0.6) is 0 Å². The number of aromatic nitrogens is 2. The molecule has 2 aromatic heterocycles. The molecule has 20 heavy (non-hydrogen) atoms. The molecule has 0 radical (unpaired) electrons. The molecule has 1 N–H and O–H groups in total. The van der Waals surface area contributed by atoms with E-state index in [1.807, 2.05) is 6.92 Å². The molecule has 0 amide bonds. The van der Waals surface area contributed by atoms with E-state index in [2.05, 4.69) is 4.98 Å². The lowest BCUT2D eigenvalue weighted by Crippen LogP contribution is -2.23. The van der Waals surface area contributed by atoms with Crippen molar-refractivity contribution in [1.82, 2.24) is 9.55 Å². The van der Waals surface area contributed by atoms with Gasteiger partial charge in [-0.25, -0.2) is 4.98 Å². The minimum atomic E-state index is 0.0948. The number of fused-ring (bicyclic) bond motifs is 3. The quantitative estimate of drug-likeness (QED) is 0.696. The second-order valence-corrected chi connectivity index (χ2v) is 7.05. The third-order valence-electron chi connectivity index (χ3n) is 3.68. The number of hydrogen-bond donors (Lipinski definition) is 1. The van der Waals surface area contributed by atoms with E-state index < -0.39 is 0 Å². The summed E-state index contributed by atoms with van der Waals surface area (Å²) in [6, 6.07) is 0. The zero-order valence-corrected chi connectivity index (χ0v) is 13.1. The minimum absolute atomic E-state index is 0.0948.